The zero-order valence-electron chi connectivity index (χ0n) is 9.80. The smallest absolute Gasteiger partial charge is 0.0692 e. The minimum absolute atomic E-state index is 0.442. The number of nitrogens with zero attached hydrogens (tertiary/aromatic N) is 3. The van der Waals surface area contributed by atoms with Crippen LogP contribution in [0.1, 0.15) is 26.2 Å². The maximum Gasteiger partial charge on any atom is 0.0692 e. The molecule has 1 aromatic rings. The van der Waals surface area contributed by atoms with Crippen LogP contribution in [-0.4, -0.2) is 40.3 Å². The van der Waals surface area contributed by atoms with Gasteiger partial charge in [-0.15, -0.1) is 5.10 Å². The van der Waals surface area contributed by atoms with E-state index in [-0.39, 0.29) is 0 Å². The molecule has 0 aliphatic carbocycles. The van der Waals surface area contributed by atoms with Gasteiger partial charge in [0.2, 0.25) is 0 Å². The lowest BCUT2D eigenvalue weighted by Gasteiger charge is -2.29. The lowest BCUT2D eigenvalue weighted by molar-refractivity contribution is -0.000105. The molecule has 1 fully saturated rings. The normalized spacial score (nSPS) is 25.8. The Morgan fingerprint density at radius 2 is 2.50 bits per heavy atom. The molecule has 0 spiro atoms. The van der Waals surface area contributed by atoms with Gasteiger partial charge < -0.3 is 10.1 Å². The van der Waals surface area contributed by atoms with Crippen molar-refractivity contribution in [2.75, 3.05) is 13.2 Å². The fourth-order valence-electron chi connectivity index (χ4n) is 2.09. The molecule has 1 aromatic heterocycles. The van der Waals surface area contributed by atoms with Gasteiger partial charge in [-0.25, -0.2) is 0 Å². The number of rotatable bonds is 5. The van der Waals surface area contributed by atoms with Crippen LogP contribution in [0.25, 0.3) is 0 Å². The molecular weight excluding hydrogens is 204 g/mol. The van der Waals surface area contributed by atoms with Crippen LogP contribution in [0.2, 0.25) is 0 Å². The predicted octanol–water partition coefficient (Wildman–Crippen LogP) is 0.825. The van der Waals surface area contributed by atoms with E-state index in [0.717, 1.165) is 39.0 Å². The van der Waals surface area contributed by atoms with Crippen LogP contribution in [0.4, 0.5) is 0 Å². The first-order valence-corrected chi connectivity index (χ1v) is 6.07. The van der Waals surface area contributed by atoms with Crippen LogP contribution in [0.15, 0.2) is 12.4 Å². The molecule has 0 aromatic carbocycles. The van der Waals surface area contributed by atoms with Crippen LogP contribution in [0, 0.1) is 0 Å². The van der Waals surface area contributed by atoms with Crippen LogP contribution in [0.3, 0.4) is 0 Å². The van der Waals surface area contributed by atoms with Crippen LogP contribution < -0.4 is 5.32 Å². The second-order valence-corrected chi connectivity index (χ2v) is 4.24. The van der Waals surface area contributed by atoms with Crippen molar-refractivity contribution in [2.45, 2.75) is 44.9 Å². The van der Waals surface area contributed by atoms with Gasteiger partial charge in [0.25, 0.3) is 0 Å². The van der Waals surface area contributed by atoms with Crippen molar-refractivity contribution >= 4 is 0 Å². The third kappa shape index (κ3) is 3.28. The molecule has 1 aliphatic heterocycles. The van der Waals surface area contributed by atoms with E-state index in [2.05, 4.69) is 22.6 Å². The third-order valence-corrected chi connectivity index (χ3v) is 3.07. The minimum atomic E-state index is 0.442. The van der Waals surface area contributed by atoms with Gasteiger partial charge in [0.05, 0.1) is 18.8 Å². The van der Waals surface area contributed by atoms with E-state index in [1.165, 1.54) is 0 Å². The molecule has 2 rings (SSSR count). The Balaban J connectivity index is 1.65. The Kier molecular flexibility index (Phi) is 4.30. The van der Waals surface area contributed by atoms with Crippen molar-refractivity contribution in [1.82, 2.24) is 20.3 Å². The van der Waals surface area contributed by atoms with Gasteiger partial charge in [-0.1, -0.05) is 12.1 Å². The van der Waals surface area contributed by atoms with E-state index >= 15 is 0 Å². The van der Waals surface area contributed by atoms with Gasteiger partial charge in [-0.2, -0.15) is 0 Å². The van der Waals surface area contributed by atoms with Crippen molar-refractivity contribution in [3.8, 4) is 0 Å². The van der Waals surface area contributed by atoms with Gasteiger partial charge in [0, 0.05) is 25.4 Å². The molecule has 2 atom stereocenters. The standard InChI is InChI=1S/C11H20N4O/c1-2-11-9-10(3-8-16-11)12-4-6-15-7-5-13-14-15/h5,7,10-12H,2-4,6,8-9H2,1H3. The third-order valence-electron chi connectivity index (χ3n) is 3.07. The molecule has 0 amide bonds. The SMILES string of the molecule is CCC1CC(NCCn2ccnn2)CCO1. The number of aromatic nitrogens is 3. The maximum atomic E-state index is 5.64. The van der Waals surface area contributed by atoms with Gasteiger partial charge >= 0.3 is 0 Å². The van der Waals surface area contributed by atoms with Crippen LogP contribution in [-0.2, 0) is 11.3 Å². The fraction of sp³-hybridized carbons (Fsp3) is 0.818. The van der Waals surface area contributed by atoms with E-state index in [9.17, 15) is 0 Å². The Morgan fingerprint density at radius 3 is 3.25 bits per heavy atom. The summed E-state index contributed by atoms with van der Waals surface area (Å²) in [7, 11) is 0. The Morgan fingerprint density at radius 1 is 1.56 bits per heavy atom. The van der Waals surface area contributed by atoms with E-state index in [1.807, 2.05) is 10.9 Å². The van der Waals surface area contributed by atoms with Crippen molar-refractivity contribution in [3.05, 3.63) is 12.4 Å². The van der Waals surface area contributed by atoms with Gasteiger partial charge in [-0.3, -0.25) is 4.68 Å². The zero-order chi connectivity index (χ0) is 11.2. The minimum Gasteiger partial charge on any atom is -0.378 e. The monoisotopic (exact) mass is 224 g/mol. The number of hydrogen-bond acceptors (Lipinski definition) is 4. The zero-order valence-corrected chi connectivity index (χ0v) is 9.80. The van der Waals surface area contributed by atoms with Crippen LogP contribution >= 0.6 is 0 Å². The Bertz CT molecular complexity index is 288. The molecule has 5 nitrogen and oxygen atoms in total. The summed E-state index contributed by atoms with van der Waals surface area (Å²) >= 11 is 0. The summed E-state index contributed by atoms with van der Waals surface area (Å²) in [6, 6.07) is 0.599. The first-order valence-electron chi connectivity index (χ1n) is 6.07. The Hall–Kier alpha value is -0.940. The molecule has 0 bridgehead atoms. The second-order valence-electron chi connectivity index (χ2n) is 4.24. The van der Waals surface area contributed by atoms with Crippen molar-refractivity contribution in [1.29, 1.82) is 0 Å². The van der Waals surface area contributed by atoms with Gasteiger partial charge in [0.1, 0.15) is 0 Å². The highest BCUT2D eigenvalue weighted by molar-refractivity contribution is 4.76. The summed E-state index contributed by atoms with van der Waals surface area (Å²) in [5.74, 6) is 0. The summed E-state index contributed by atoms with van der Waals surface area (Å²) in [5.41, 5.74) is 0. The van der Waals surface area contributed by atoms with E-state index in [0.29, 0.717) is 12.1 Å². The van der Waals surface area contributed by atoms with E-state index in [4.69, 9.17) is 4.74 Å². The van der Waals surface area contributed by atoms with Crippen molar-refractivity contribution < 1.29 is 4.74 Å². The number of hydrogen-bond donors (Lipinski definition) is 1. The highest BCUT2D eigenvalue weighted by Gasteiger charge is 2.20. The van der Waals surface area contributed by atoms with Gasteiger partial charge in [0.15, 0.2) is 0 Å². The Labute approximate surface area is 96.2 Å². The summed E-state index contributed by atoms with van der Waals surface area (Å²) in [4.78, 5) is 0. The molecule has 0 radical (unpaired) electrons. The van der Waals surface area contributed by atoms with E-state index in [1.54, 1.807) is 6.20 Å². The predicted molar refractivity (Wildman–Crippen MR) is 61.1 cm³/mol. The highest BCUT2D eigenvalue weighted by atomic mass is 16.5. The number of ether oxygens (including phenoxy) is 1. The molecule has 1 N–H and O–H groups in total. The first kappa shape index (κ1) is 11.5. The quantitative estimate of drug-likeness (QED) is 0.804. The second kappa shape index (κ2) is 5.96. The molecule has 90 valence electrons. The summed E-state index contributed by atoms with van der Waals surface area (Å²) < 4.78 is 7.49. The number of nitrogens with one attached hydrogen (secondary N) is 1. The lowest BCUT2D eigenvalue weighted by Crippen LogP contribution is -2.40. The lowest BCUT2D eigenvalue weighted by atomic mass is 10.0. The topological polar surface area (TPSA) is 52.0 Å². The van der Waals surface area contributed by atoms with Crippen molar-refractivity contribution in [2.24, 2.45) is 0 Å². The summed E-state index contributed by atoms with van der Waals surface area (Å²) in [6.07, 6.45) is 7.41. The molecule has 5 heteroatoms. The molecule has 1 aliphatic rings. The molecule has 16 heavy (non-hydrogen) atoms. The molecular formula is C11H20N4O. The fourth-order valence-corrected chi connectivity index (χ4v) is 2.09. The van der Waals surface area contributed by atoms with Crippen LogP contribution in [0.5, 0.6) is 0 Å². The first-order chi connectivity index (χ1) is 7.88. The molecule has 0 saturated carbocycles. The average Bonchev–Trinajstić information content (AvgIpc) is 2.82. The van der Waals surface area contributed by atoms with Crippen molar-refractivity contribution in [3.63, 3.8) is 0 Å². The largest absolute Gasteiger partial charge is 0.378 e. The molecule has 2 heterocycles. The maximum absolute atomic E-state index is 5.64. The summed E-state index contributed by atoms with van der Waals surface area (Å²) in [6.45, 7) is 4.90. The van der Waals surface area contributed by atoms with E-state index < -0.39 is 0 Å². The van der Waals surface area contributed by atoms with Gasteiger partial charge in [-0.05, 0) is 19.3 Å². The molecule has 1 saturated heterocycles. The molecule has 2 unspecified atom stereocenters. The average molecular weight is 224 g/mol. The highest BCUT2D eigenvalue weighted by Crippen LogP contribution is 2.15. The summed E-state index contributed by atoms with van der Waals surface area (Å²) in [5, 5.41) is 11.3.